The topological polar surface area (TPSA) is 231 Å². The molecule has 0 spiro atoms. The van der Waals surface area contributed by atoms with Gasteiger partial charge in [-0.05, 0) is 133 Å². The molecule has 2 unspecified atom stereocenters. The fraction of sp³-hybridized carbons (Fsp3) is 0.167. The molecule has 0 amide bonds. The van der Waals surface area contributed by atoms with Crippen molar-refractivity contribution in [2.45, 2.75) is 19.4 Å². The Bertz CT molecular complexity index is 3660. The Hall–Kier alpha value is -7.50. The van der Waals surface area contributed by atoms with Crippen molar-refractivity contribution in [1.82, 2.24) is 20.4 Å². The Labute approximate surface area is 441 Å². The van der Waals surface area contributed by atoms with Crippen molar-refractivity contribution in [3.63, 3.8) is 0 Å². The van der Waals surface area contributed by atoms with Gasteiger partial charge in [0, 0.05) is 75.4 Å². The number of anilines is 6. The number of aromatic amines is 4. The van der Waals surface area contributed by atoms with Gasteiger partial charge >= 0.3 is 35.3 Å². The molecule has 0 radical (unpaired) electrons. The fourth-order valence-corrected chi connectivity index (χ4v) is 9.44. The van der Waals surface area contributed by atoms with Gasteiger partial charge in [-0.15, -0.1) is 0 Å². The third-order valence-corrected chi connectivity index (χ3v) is 13.5. The molecule has 0 fully saturated rings. The van der Waals surface area contributed by atoms with Gasteiger partial charge in [-0.3, -0.25) is 44.1 Å². The van der Waals surface area contributed by atoms with Crippen LogP contribution in [-0.2, 0) is 14.7 Å². The Morgan fingerprint density at radius 2 is 0.904 bits per heavy atom. The van der Waals surface area contributed by atoms with Crippen LogP contribution in [0.5, 0.6) is 0 Å². The first-order valence-electron chi connectivity index (χ1n) is 22.9. The second kappa shape index (κ2) is 22.1. The van der Waals surface area contributed by atoms with Crippen LogP contribution in [0.15, 0.2) is 171 Å². The summed E-state index contributed by atoms with van der Waals surface area (Å²) < 4.78 is 19.6. The van der Waals surface area contributed by atoms with Gasteiger partial charge in [0.1, 0.15) is 5.60 Å². The van der Waals surface area contributed by atoms with Crippen LogP contribution in [0, 0.1) is 0 Å². The van der Waals surface area contributed by atoms with Crippen molar-refractivity contribution < 1.29 is 53.4 Å². The molecule has 8 aromatic rings. The van der Waals surface area contributed by atoms with E-state index in [0.29, 0.717) is 35.7 Å². The molecule has 17 nitrogen and oxygen atoms in total. The van der Waals surface area contributed by atoms with Crippen molar-refractivity contribution >= 4 is 74.5 Å². The maximum Gasteiger partial charge on any atom is 1.00 e. The first kappa shape index (κ1) is 53.3. The van der Waals surface area contributed by atoms with Crippen molar-refractivity contribution in [3.8, 4) is 0 Å². The van der Waals surface area contributed by atoms with Crippen molar-refractivity contribution in [2.75, 3.05) is 60.9 Å². The van der Waals surface area contributed by atoms with E-state index in [1.54, 1.807) is 91.0 Å². The zero-order chi connectivity index (χ0) is 51.5. The molecule has 0 saturated heterocycles. The number of carboxylic acid groups (broad SMARTS) is 1. The second-order valence-corrected chi connectivity index (χ2v) is 18.8. The van der Waals surface area contributed by atoms with Crippen LogP contribution in [0.3, 0.4) is 0 Å². The largest absolute Gasteiger partial charge is 1.00 e. The van der Waals surface area contributed by atoms with E-state index in [1.807, 2.05) is 116 Å². The monoisotopic (exact) mass is 1010 g/mol. The Kier molecular flexibility index (Phi) is 16.1. The molecule has 368 valence electrons. The summed E-state index contributed by atoms with van der Waals surface area (Å²) in [6.07, 6.45) is 4.99. The maximum atomic E-state index is 13.6. The minimum absolute atomic E-state index is 0. The fourth-order valence-electron chi connectivity index (χ4n) is 8.72. The van der Waals surface area contributed by atoms with Gasteiger partial charge in [0.15, 0.2) is 0 Å². The minimum Gasteiger partial charge on any atom is -0.770 e. The average molecular weight is 1010 g/mol. The van der Waals surface area contributed by atoms with Gasteiger partial charge in [-0.1, -0.05) is 60.7 Å². The molecule has 0 aliphatic carbocycles. The zero-order valence-electron chi connectivity index (χ0n) is 41.3. The summed E-state index contributed by atoms with van der Waals surface area (Å²) in [6, 6.07) is 39.4. The number of hydrogen-bond donors (Lipinski definition) is 5. The molecule has 5 N–H and O–H groups in total. The smallest absolute Gasteiger partial charge is 0.770 e. The van der Waals surface area contributed by atoms with Gasteiger partial charge in [0.25, 0.3) is 22.2 Å². The molecule has 0 bridgehead atoms. The number of rotatable bonds is 17. The molecule has 8 rings (SSSR count). The summed E-state index contributed by atoms with van der Waals surface area (Å²) in [5.74, 6) is 0. The van der Waals surface area contributed by atoms with E-state index < -0.39 is 41.1 Å². The summed E-state index contributed by atoms with van der Waals surface area (Å²) >= 11 is 0. The molecule has 6 aromatic carbocycles. The van der Waals surface area contributed by atoms with E-state index in [9.17, 15) is 38.5 Å². The molecule has 0 aliphatic heterocycles. The van der Waals surface area contributed by atoms with Crippen LogP contribution >= 0.6 is 7.60 Å². The summed E-state index contributed by atoms with van der Waals surface area (Å²) in [7, 11) is 1.94. The molecule has 0 saturated carbocycles. The number of H-pyrrole nitrogens is 4. The van der Waals surface area contributed by atoms with E-state index in [0.717, 1.165) is 33.8 Å². The van der Waals surface area contributed by atoms with Gasteiger partial charge in [-0.25, -0.2) is 4.79 Å². The quantitative estimate of drug-likeness (QED) is 0.0439. The van der Waals surface area contributed by atoms with Crippen LogP contribution in [0.25, 0.3) is 27.1 Å². The summed E-state index contributed by atoms with van der Waals surface area (Å²) in [5.41, 5.74) is 1.54. The number of hydrogen-bond acceptors (Lipinski definition) is 12. The van der Waals surface area contributed by atoms with Gasteiger partial charge < -0.3 is 34.1 Å². The standard InChI is InChI=1S/C54H53N8O9P.Na/c1-7-61(42-27-29-45-47(32-42)51(65)57-55-49(45)63)40-21-13-35(14-22-40)44(34-11-19-38(20-12-34)59(3)4)10-9-31-54(71-72(69,70)53(67)68,36-15-23-39(24-16-36)60(5)6)37-17-25-41(26-18-37)62(8-2)43-28-30-46-48(33-43)52(66)58-56-50(46)64;/h9-33H,7-8H2,1-6H3,(H,55,63)(H,56,64)(H,57,65)(H,58,66)(H,67,68)(H,69,70);/q;+1/p-1/b31-9+,44-10-;. The minimum atomic E-state index is -5.65. The number of nitrogens with one attached hydrogen (secondary N) is 4. The normalized spacial score (nSPS) is 13.3. The molecular weight excluding hydrogens is 959 g/mol. The molecular formula is C54H52N8NaO9P. The second-order valence-electron chi connectivity index (χ2n) is 17.3. The third kappa shape index (κ3) is 11.0. The van der Waals surface area contributed by atoms with Crippen molar-refractivity contribution in [1.29, 1.82) is 0 Å². The van der Waals surface area contributed by atoms with Crippen molar-refractivity contribution in [3.05, 3.63) is 215 Å². The summed E-state index contributed by atoms with van der Waals surface area (Å²) in [4.78, 5) is 84.1. The molecule has 0 aliphatic rings. The van der Waals surface area contributed by atoms with Gasteiger partial charge in [0.05, 0.1) is 21.5 Å². The number of allylic oxidation sites excluding steroid dienone is 2. The van der Waals surface area contributed by atoms with E-state index in [1.165, 1.54) is 6.08 Å². The van der Waals surface area contributed by atoms with Gasteiger partial charge in [0.2, 0.25) is 7.60 Å². The average Bonchev–Trinajstić information content (AvgIpc) is 3.38. The zero-order valence-corrected chi connectivity index (χ0v) is 44.2. The van der Waals surface area contributed by atoms with E-state index >= 15 is 0 Å². The van der Waals surface area contributed by atoms with Crippen LogP contribution in [0.2, 0.25) is 0 Å². The SMILES string of the molecule is CCN(c1ccc(/C(=C\C=C\C(OP(=O)([O-])C(=O)O)(c2ccc(N(C)C)cc2)c2ccc(N(CC)c3ccc4c(=O)[nH][nH]c(=O)c4c3)cc2)c2ccc(N(C)C)cc2)cc1)c1ccc2c(=O)[nH][nH]c(=O)c2c1.[Na+]. The summed E-state index contributed by atoms with van der Waals surface area (Å²) in [6.45, 7) is 4.85. The van der Waals surface area contributed by atoms with E-state index in [2.05, 4.69) is 20.4 Å². The number of aromatic nitrogens is 4. The van der Waals surface area contributed by atoms with Crippen LogP contribution in [-0.4, -0.2) is 72.5 Å². The number of fused-ring (bicyclic) bond motifs is 2. The Morgan fingerprint density at radius 3 is 1.27 bits per heavy atom. The summed E-state index contributed by atoms with van der Waals surface area (Å²) in [5, 5.41) is 20.5. The number of nitrogens with zero attached hydrogens (tertiary/aromatic N) is 4. The van der Waals surface area contributed by atoms with Crippen LogP contribution in [0.4, 0.5) is 38.9 Å². The van der Waals surface area contributed by atoms with E-state index in [4.69, 9.17) is 4.52 Å². The molecule has 2 aromatic heterocycles. The van der Waals surface area contributed by atoms with E-state index in [-0.39, 0.29) is 56.7 Å². The van der Waals surface area contributed by atoms with Crippen LogP contribution in [0.1, 0.15) is 36.1 Å². The molecule has 73 heavy (non-hydrogen) atoms. The predicted octanol–water partition coefficient (Wildman–Crippen LogP) is 5.38. The third-order valence-electron chi connectivity index (χ3n) is 12.5. The number of carbonyl (C=O) groups is 1. The molecule has 2 heterocycles. The maximum absolute atomic E-state index is 13.6. The Balaban J connectivity index is 0.00000780. The van der Waals surface area contributed by atoms with Crippen molar-refractivity contribution in [2.24, 2.45) is 0 Å². The Morgan fingerprint density at radius 1 is 0.562 bits per heavy atom. The van der Waals surface area contributed by atoms with Crippen LogP contribution < -0.4 is 76.3 Å². The predicted molar refractivity (Wildman–Crippen MR) is 284 cm³/mol. The molecule has 19 heteroatoms. The first-order chi connectivity index (χ1) is 34.4. The molecule has 2 atom stereocenters. The van der Waals surface area contributed by atoms with Gasteiger partial charge in [-0.2, -0.15) is 0 Å². The first-order valence-corrected chi connectivity index (χ1v) is 24.4. The number of benzene rings is 6.